The zero-order valence-electron chi connectivity index (χ0n) is 16.5. The number of aromatic nitrogens is 3. The van der Waals surface area contributed by atoms with Crippen LogP contribution in [0.3, 0.4) is 0 Å². The summed E-state index contributed by atoms with van der Waals surface area (Å²) in [5.41, 5.74) is 0.391. The summed E-state index contributed by atoms with van der Waals surface area (Å²) in [6.07, 6.45) is -0.156. The van der Waals surface area contributed by atoms with E-state index in [2.05, 4.69) is 10.3 Å². The first-order chi connectivity index (χ1) is 14.1. The molecule has 11 heteroatoms. The molecule has 1 aromatic heterocycles. The van der Waals surface area contributed by atoms with E-state index in [0.29, 0.717) is 0 Å². The Kier molecular flexibility index (Phi) is 5.52. The summed E-state index contributed by atoms with van der Waals surface area (Å²) >= 11 is 5.55. The highest BCUT2D eigenvalue weighted by Gasteiger charge is 2.50. The molecule has 0 amide bonds. The molecule has 30 heavy (non-hydrogen) atoms. The first-order valence-electron chi connectivity index (χ1n) is 9.32. The number of nitrogens with zero attached hydrogens (tertiary/aromatic N) is 3. The standard InChI is InChI=1S/C19H20ClF2N3O5/c1-9(26)29-14-7-27-15-8-28-19(2,3)30-18(15)17(14)25-6-13(23-24-25)10-4-11(21)16(20)12(22)5-10/h4-6,14-15,17-18H,7-8H2,1-3H3/t14-,15+,17-,18?/m0/s1. The van der Waals surface area contributed by atoms with E-state index in [1.807, 2.05) is 0 Å². The van der Waals surface area contributed by atoms with Crippen molar-refractivity contribution in [1.82, 2.24) is 15.0 Å². The van der Waals surface area contributed by atoms with Crippen molar-refractivity contribution < 1.29 is 32.5 Å². The van der Waals surface area contributed by atoms with Crippen LogP contribution in [0.25, 0.3) is 11.3 Å². The normalized spacial score (nSPS) is 28.1. The average Bonchev–Trinajstić information content (AvgIpc) is 3.14. The number of halogens is 3. The van der Waals surface area contributed by atoms with Crippen molar-refractivity contribution in [3.8, 4) is 11.3 Å². The van der Waals surface area contributed by atoms with Gasteiger partial charge in [-0.3, -0.25) is 4.79 Å². The maximum Gasteiger partial charge on any atom is 0.303 e. The van der Waals surface area contributed by atoms with Crippen LogP contribution in [0.15, 0.2) is 18.3 Å². The third kappa shape index (κ3) is 4.04. The Bertz CT molecular complexity index is 946. The van der Waals surface area contributed by atoms with E-state index >= 15 is 0 Å². The summed E-state index contributed by atoms with van der Waals surface area (Å²) in [5, 5.41) is 7.55. The molecule has 162 valence electrons. The van der Waals surface area contributed by atoms with Gasteiger partial charge in [0.05, 0.1) is 19.4 Å². The number of hydrogen-bond acceptors (Lipinski definition) is 7. The number of esters is 1. The van der Waals surface area contributed by atoms with E-state index in [4.69, 9.17) is 30.5 Å². The molecule has 1 unspecified atom stereocenters. The molecule has 2 fully saturated rings. The van der Waals surface area contributed by atoms with Crippen LogP contribution in [0.2, 0.25) is 5.02 Å². The van der Waals surface area contributed by atoms with Gasteiger partial charge in [0, 0.05) is 12.5 Å². The Morgan fingerprint density at radius 3 is 2.67 bits per heavy atom. The SMILES string of the molecule is CC(=O)O[C@H]1CO[C@@H]2COC(C)(C)OC2[C@H]1n1cc(-c2cc(F)c(Cl)c(F)c2)nn1. The fourth-order valence-corrected chi connectivity index (χ4v) is 3.78. The van der Waals surface area contributed by atoms with E-state index in [1.165, 1.54) is 17.8 Å². The molecule has 4 atom stereocenters. The minimum Gasteiger partial charge on any atom is -0.458 e. The Balaban J connectivity index is 1.70. The maximum atomic E-state index is 13.9. The van der Waals surface area contributed by atoms with Gasteiger partial charge in [0.2, 0.25) is 0 Å². The summed E-state index contributed by atoms with van der Waals surface area (Å²) in [7, 11) is 0. The summed E-state index contributed by atoms with van der Waals surface area (Å²) in [6, 6.07) is 1.56. The summed E-state index contributed by atoms with van der Waals surface area (Å²) in [6.45, 7) is 5.22. The molecule has 4 rings (SSSR count). The zero-order valence-corrected chi connectivity index (χ0v) is 17.2. The van der Waals surface area contributed by atoms with Gasteiger partial charge in [-0.05, 0) is 26.0 Å². The van der Waals surface area contributed by atoms with Gasteiger partial charge < -0.3 is 18.9 Å². The van der Waals surface area contributed by atoms with Gasteiger partial charge in [-0.15, -0.1) is 5.10 Å². The molecule has 1 aromatic carbocycles. The Morgan fingerprint density at radius 2 is 2.00 bits per heavy atom. The van der Waals surface area contributed by atoms with E-state index < -0.39 is 52.8 Å². The monoisotopic (exact) mass is 443 g/mol. The molecule has 2 aliphatic heterocycles. The second-order valence-corrected chi connectivity index (χ2v) is 8.02. The molecular formula is C19H20ClF2N3O5. The molecular weight excluding hydrogens is 424 g/mol. The van der Waals surface area contributed by atoms with Crippen LogP contribution < -0.4 is 0 Å². The minimum absolute atomic E-state index is 0.109. The van der Waals surface area contributed by atoms with Gasteiger partial charge >= 0.3 is 5.97 Å². The first-order valence-corrected chi connectivity index (χ1v) is 9.70. The number of fused-ring (bicyclic) bond motifs is 1. The Hall–Kier alpha value is -2.14. The Morgan fingerprint density at radius 1 is 1.30 bits per heavy atom. The summed E-state index contributed by atoms with van der Waals surface area (Å²) in [5.74, 6) is -3.17. The second-order valence-electron chi connectivity index (χ2n) is 7.64. The molecule has 0 N–H and O–H groups in total. The first kappa shape index (κ1) is 21.1. The highest BCUT2D eigenvalue weighted by Crippen LogP contribution is 2.37. The van der Waals surface area contributed by atoms with Gasteiger partial charge in [0.1, 0.15) is 46.7 Å². The zero-order chi connectivity index (χ0) is 21.6. The van der Waals surface area contributed by atoms with Crippen molar-refractivity contribution in [1.29, 1.82) is 0 Å². The number of benzene rings is 1. The highest BCUT2D eigenvalue weighted by atomic mass is 35.5. The molecule has 2 saturated heterocycles. The topological polar surface area (TPSA) is 84.7 Å². The number of ether oxygens (including phenoxy) is 4. The van der Waals surface area contributed by atoms with Crippen molar-refractivity contribution in [3.63, 3.8) is 0 Å². The van der Waals surface area contributed by atoms with Crippen molar-refractivity contribution in [2.24, 2.45) is 0 Å². The number of carbonyl (C=O) groups excluding carboxylic acids is 1. The predicted octanol–water partition coefficient (Wildman–Crippen LogP) is 2.90. The lowest BCUT2D eigenvalue weighted by Gasteiger charge is -2.48. The lowest BCUT2D eigenvalue weighted by molar-refractivity contribution is -0.338. The second kappa shape index (κ2) is 7.84. The van der Waals surface area contributed by atoms with Gasteiger partial charge in [-0.2, -0.15) is 0 Å². The molecule has 0 spiro atoms. The quantitative estimate of drug-likeness (QED) is 0.532. The number of hydrogen-bond donors (Lipinski definition) is 0. The van der Waals surface area contributed by atoms with Gasteiger partial charge in [-0.1, -0.05) is 16.8 Å². The van der Waals surface area contributed by atoms with Crippen molar-refractivity contribution in [2.75, 3.05) is 13.2 Å². The maximum absolute atomic E-state index is 13.9. The van der Waals surface area contributed by atoms with Crippen molar-refractivity contribution in [2.45, 2.75) is 50.9 Å². The molecule has 2 aliphatic rings. The van der Waals surface area contributed by atoms with Crippen LogP contribution in [-0.2, 0) is 23.7 Å². The molecule has 0 aliphatic carbocycles. The van der Waals surface area contributed by atoms with E-state index in [-0.39, 0.29) is 24.5 Å². The predicted molar refractivity (Wildman–Crippen MR) is 99.6 cm³/mol. The van der Waals surface area contributed by atoms with Crippen LogP contribution >= 0.6 is 11.6 Å². The summed E-state index contributed by atoms with van der Waals surface area (Å²) in [4.78, 5) is 11.6. The third-order valence-corrected chi connectivity index (χ3v) is 5.35. The summed E-state index contributed by atoms with van der Waals surface area (Å²) < 4.78 is 52.1. The van der Waals surface area contributed by atoms with Crippen molar-refractivity contribution >= 4 is 17.6 Å². The molecule has 0 bridgehead atoms. The lowest BCUT2D eigenvalue weighted by Crippen LogP contribution is -2.60. The molecule has 2 aromatic rings. The minimum atomic E-state index is -0.903. The lowest BCUT2D eigenvalue weighted by atomic mass is 9.95. The van der Waals surface area contributed by atoms with Gasteiger partial charge in [0.25, 0.3) is 0 Å². The number of rotatable bonds is 3. The van der Waals surface area contributed by atoms with Crippen LogP contribution in [0.1, 0.15) is 26.8 Å². The molecule has 0 saturated carbocycles. The fraction of sp³-hybridized carbons (Fsp3) is 0.526. The van der Waals surface area contributed by atoms with Gasteiger partial charge in [-0.25, -0.2) is 13.5 Å². The van der Waals surface area contributed by atoms with Crippen LogP contribution in [-0.4, -0.2) is 58.3 Å². The number of carbonyl (C=O) groups is 1. The smallest absolute Gasteiger partial charge is 0.303 e. The fourth-order valence-electron chi connectivity index (χ4n) is 3.67. The third-order valence-electron chi connectivity index (χ3n) is 4.99. The largest absolute Gasteiger partial charge is 0.458 e. The molecule has 3 heterocycles. The Labute approximate surface area is 176 Å². The van der Waals surface area contributed by atoms with E-state index in [1.54, 1.807) is 13.8 Å². The van der Waals surface area contributed by atoms with Crippen LogP contribution in [0.5, 0.6) is 0 Å². The van der Waals surface area contributed by atoms with E-state index in [9.17, 15) is 13.6 Å². The molecule has 0 radical (unpaired) electrons. The van der Waals surface area contributed by atoms with Crippen LogP contribution in [0.4, 0.5) is 8.78 Å². The highest BCUT2D eigenvalue weighted by molar-refractivity contribution is 6.30. The van der Waals surface area contributed by atoms with Crippen molar-refractivity contribution in [3.05, 3.63) is 35.0 Å². The van der Waals surface area contributed by atoms with Crippen LogP contribution in [0, 0.1) is 11.6 Å². The van der Waals surface area contributed by atoms with Gasteiger partial charge in [0.15, 0.2) is 5.79 Å². The molecule has 8 nitrogen and oxygen atoms in total. The average molecular weight is 444 g/mol. The van der Waals surface area contributed by atoms with E-state index in [0.717, 1.165) is 12.1 Å².